The van der Waals surface area contributed by atoms with E-state index < -0.39 is 0 Å². The number of fused-ring (bicyclic) bond motifs is 2. The molecular formula is C21H29N7OS. The highest BCUT2D eigenvalue weighted by atomic mass is 32.1. The predicted molar refractivity (Wildman–Crippen MR) is 118 cm³/mol. The number of aryl methyl sites for hydroxylation is 4. The first-order valence-electron chi connectivity index (χ1n) is 10.9. The van der Waals surface area contributed by atoms with Gasteiger partial charge < -0.3 is 10.1 Å². The van der Waals surface area contributed by atoms with Gasteiger partial charge in [-0.3, -0.25) is 4.90 Å². The van der Waals surface area contributed by atoms with Crippen molar-refractivity contribution in [1.29, 1.82) is 0 Å². The van der Waals surface area contributed by atoms with Crippen molar-refractivity contribution >= 4 is 27.4 Å². The first kappa shape index (κ1) is 19.8. The molecule has 0 saturated carbocycles. The number of thiophene rings is 1. The lowest BCUT2D eigenvalue weighted by Crippen LogP contribution is -2.36. The van der Waals surface area contributed by atoms with E-state index in [9.17, 15) is 0 Å². The summed E-state index contributed by atoms with van der Waals surface area (Å²) < 4.78 is 7.55. The number of nitrogens with one attached hydrogen (secondary N) is 1. The third kappa shape index (κ3) is 3.81. The normalized spacial score (nSPS) is 19.9. The van der Waals surface area contributed by atoms with Gasteiger partial charge in [-0.2, -0.15) is 5.10 Å². The predicted octanol–water partition coefficient (Wildman–Crippen LogP) is 2.72. The van der Waals surface area contributed by atoms with Crippen LogP contribution in [0.4, 0.5) is 5.82 Å². The fourth-order valence-corrected chi connectivity index (χ4v) is 5.30. The topological polar surface area (TPSA) is 81.0 Å². The van der Waals surface area contributed by atoms with Crippen LogP contribution in [-0.2, 0) is 30.7 Å². The van der Waals surface area contributed by atoms with Gasteiger partial charge in [0.1, 0.15) is 22.3 Å². The summed E-state index contributed by atoms with van der Waals surface area (Å²) in [7, 11) is 0. The van der Waals surface area contributed by atoms with Gasteiger partial charge in [0.25, 0.3) is 0 Å². The van der Waals surface area contributed by atoms with E-state index in [-0.39, 0.29) is 6.04 Å². The molecule has 0 aliphatic carbocycles. The number of anilines is 1. The minimum Gasteiger partial charge on any atom is -0.379 e. The zero-order valence-corrected chi connectivity index (χ0v) is 18.8. The van der Waals surface area contributed by atoms with Crippen LogP contribution in [0, 0.1) is 13.8 Å². The SMILES string of the molecule is CCc1nc2n(n1)CC(Nc1nc(CN3CCOCC3)nc3sc(C)c(C)c13)CC2. The second-order valence-electron chi connectivity index (χ2n) is 8.20. The van der Waals surface area contributed by atoms with E-state index in [0.29, 0.717) is 0 Å². The molecule has 160 valence electrons. The average molecular weight is 428 g/mol. The molecule has 0 aromatic carbocycles. The molecule has 2 aliphatic rings. The molecule has 0 spiro atoms. The zero-order chi connectivity index (χ0) is 20.7. The molecule has 1 fully saturated rings. The lowest BCUT2D eigenvalue weighted by atomic mass is 10.1. The zero-order valence-electron chi connectivity index (χ0n) is 17.9. The quantitative estimate of drug-likeness (QED) is 0.670. The molecule has 5 heterocycles. The van der Waals surface area contributed by atoms with Gasteiger partial charge >= 0.3 is 0 Å². The molecule has 0 radical (unpaired) electrons. The third-order valence-corrected chi connectivity index (χ3v) is 7.20. The second-order valence-corrected chi connectivity index (χ2v) is 9.40. The Hall–Kier alpha value is -2.10. The maximum Gasteiger partial charge on any atom is 0.150 e. The van der Waals surface area contributed by atoms with Gasteiger partial charge in [0.05, 0.1) is 31.7 Å². The van der Waals surface area contributed by atoms with Crippen molar-refractivity contribution in [2.24, 2.45) is 0 Å². The van der Waals surface area contributed by atoms with Crippen molar-refractivity contribution in [1.82, 2.24) is 29.6 Å². The van der Waals surface area contributed by atoms with E-state index >= 15 is 0 Å². The Morgan fingerprint density at radius 1 is 1.13 bits per heavy atom. The number of hydrogen-bond donors (Lipinski definition) is 1. The number of hydrogen-bond acceptors (Lipinski definition) is 8. The molecule has 1 N–H and O–H groups in total. The van der Waals surface area contributed by atoms with E-state index in [2.05, 4.69) is 45.8 Å². The smallest absolute Gasteiger partial charge is 0.150 e. The first-order valence-corrected chi connectivity index (χ1v) is 11.7. The largest absolute Gasteiger partial charge is 0.379 e. The Bertz CT molecular complexity index is 1050. The maximum absolute atomic E-state index is 5.48. The van der Waals surface area contributed by atoms with Crippen LogP contribution in [0.15, 0.2) is 0 Å². The third-order valence-electron chi connectivity index (χ3n) is 6.10. The summed E-state index contributed by atoms with van der Waals surface area (Å²) in [5, 5.41) is 9.57. The van der Waals surface area contributed by atoms with Crippen molar-refractivity contribution in [2.75, 3.05) is 31.6 Å². The molecule has 1 atom stereocenters. The van der Waals surface area contributed by atoms with Crippen LogP contribution in [0.2, 0.25) is 0 Å². The van der Waals surface area contributed by atoms with Gasteiger partial charge in [-0.05, 0) is 25.8 Å². The summed E-state index contributed by atoms with van der Waals surface area (Å²) in [5.74, 6) is 3.90. The molecule has 1 saturated heterocycles. The van der Waals surface area contributed by atoms with Crippen molar-refractivity contribution < 1.29 is 4.74 Å². The molecule has 0 amide bonds. The molecule has 0 bridgehead atoms. The number of morpholine rings is 1. The van der Waals surface area contributed by atoms with E-state index in [1.54, 1.807) is 11.3 Å². The van der Waals surface area contributed by atoms with Gasteiger partial charge in [0, 0.05) is 36.9 Å². The average Bonchev–Trinajstić information content (AvgIpc) is 3.28. The molecule has 30 heavy (non-hydrogen) atoms. The summed E-state index contributed by atoms with van der Waals surface area (Å²) in [6.07, 6.45) is 2.86. The molecule has 5 rings (SSSR count). The monoisotopic (exact) mass is 427 g/mol. The van der Waals surface area contributed by atoms with Crippen molar-refractivity contribution in [3.8, 4) is 0 Å². The summed E-state index contributed by atoms with van der Waals surface area (Å²) in [6, 6.07) is 0.290. The number of nitrogens with zero attached hydrogens (tertiary/aromatic N) is 6. The molecule has 2 aliphatic heterocycles. The molecule has 3 aromatic rings. The fourth-order valence-electron chi connectivity index (χ4n) is 4.25. The number of ether oxygens (including phenoxy) is 1. The minimum atomic E-state index is 0.290. The Kier molecular flexibility index (Phi) is 5.43. The summed E-state index contributed by atoms with van der Waals surface area (Å²) in [4.78, 5) is 19.3. The van der Waals surface area contributed by atoms with Gasteiger partial charge in [-0.1, -0.05) is 6.92 Å². The van der Waals surface area contributed by atoms with Crippen LogP contribution in [-0.4, -0.2) is 62.0 Å². The second kappa shape index (κ2) is 8.20. The number of aromatic nitrogens is 5. The fraction of sp³-hybridized carbons (Fsp3) is 0.619. The Labute approximate surface area is 180 Å². The standard InChI is InChI=1S/C21H29N7OS/c1-4-16-23-18-6-5-15(11-28(18)26-16)22-20-19-13(2)14(3)30-21(19)25-17(24-20)12-27-7-9-29-10-8-27/h15H,4-12H2,1-3H3,(H,22,24,25). The lowest BCUT2D eigenvalue weighted by Gasteiger charge is -2.27. The van der Waals surface area contributed by atoms with Crippen LogP contribution in [0.5, 0.6) is 0 Å². The van der Waals surface area contributed by atoms with E-state index in [1.165, 1.54) is 15.8 Å². The summed E-state index contributed by atoms with van der Waals surface area (Å²) >= 11 is 1.76. The Morgan fingerprint density at radius 3 is 2.77 bits per heavy atom. The van der Waals surface area contributed by atoms with Crippen LogP contribution in [0.1, 0.15) is 41.3 Å². The molecule has 1 unspecified atom stereocenters. The molecule has 9 heteroatoms. The first-order chi connectivity index (χ1) is 14.6. The molecule has 8 nitrogen and oxygen atoms in total. The van der Waals surface area contributed by atoms with Crippen LogP contribution < -0.4 is 5.32 Å². The number of rotatable bonds is 5. The summed E-state index contributed by atoms with van der Waals surface area (Å²) in [5.41, 5.74) is 1.28. The van der Waals surface area contributed by atoms with Crippen molar-refractivity contribution in [2.45, 2.75) is 59.2 Å². The van der Waals surface area contributed by atoms with Crippen LogP contribution in [0.3, 0.4) is 0 Å². The van der Waals surface area contributed by atoms with Crippen LogP contribution >= 0.6 is 11.3 Å². The Morgan fingerprint density at radius 2 is 1.97 bits per heavy atom. The van der Waals surface area contributed by atoms with Crippen molar-refractivity contribution in [3.05, 3.63) is 27.9 Å². The maximum atomic E-state index is 5.48. The van der Waals surface area contributed by atoms with Gasteiger partial charge in [0.15, 0.2) is 5.82 Å². The minimum absolute atomic E-state index is 0.290. The van der Waals surface area contributed by atoms with E-state index in [1.807, 2.05) is 0 Å². The highest BCUT2D eigenvalue weighted by Gasteiger charge is 2.24. The molecule has 3 aromatic heterocycles. The van der Waals surface area contributed by atoms with E-state index in [0.717, 1.165) is 86.8 Å². The van der Waals surface area contributed by atoms with Gasteiger partial charge in [0.2, 0.25) is 0 Å². The summed E-state index contributed by atoms with van der Waals surface area (Å²) in [6.45, 7) is 11.5. The van der Waals surface area contributed by atoms with Crippen LogP contribution in [0.25, 0.3) is 10.2 Å². The van der Waals surface area contributed by atoms with Crippen molar-refractivity contribution in [3.63, 3.8) is 0 Å². The molecular weight excluding hydrogens is 398 g/mol. The highest BCUT2D eigenvalue weighted by molar-refractivity contribution is 7.18. The van der Waals surface area contributed by atoms with Gasteiger partial charge in [-0.15, -0.1) is 11.3 Å². The van der Waals surface area contributed by atoms with E-state index in [4.69, 9.17) is 14.7 Å². The van der Waals surface area contributed by atoms with Gasteiger partial charge in [-0.25, -0.2) is 19.6 Å². The lowest BCUT2D eigenvalue weighted by molar-refractivity contribution is 0.0331. The Balaban J connectivity index is 1.43. The highest BCUT2D eigenvalue weighted by Crippen LogP contribution is 2.34.